The van der Waals surface area contributed by atoms with E-state index in [2.05, 4.69) is 5.16 Å². The fourth-order valence-electron chi connectivity index (χ4n) is 3.43. The van der Waals surface area contributed by atoms with E-state index in [0.29, 0.717) is 25.9 Å². The van der Waals surface area contributed by atoms with E-state index < -0.39 is 5.41 Å². The normalized spacial score (nSPS) is 21.0. The molecule has 0 unspecified atom stereocenters. The lowest BCUT2D eigenvalue weighted by molar-refractivity contribution is -0.139. The molecule has 3 N–H and O–H groups in total. The van der Waals surface area contributed by atoms with Crippen molar-refractivity contribution in [1.82, 2.24) is 4.90 Å². The minimum absolute atomic E-state index is 0.00139. The molecular formula is C15H19N3O2. The summed E-state index contributed by atoms with van der Waals surface area (Å²) in [6.07, 6.45) is 3.24. The van der Waals surface area contributed by atoms with Crippen molar-refractivity contribution in [2.75, 3.05) is 0 Å². The molecule has 0 aromatic heterocycles. The highest BCUT2D eigenvalue weighted by Gasteiger charge is 2.48. The maximum absolute atomic E-state index is 12.9. The third-order valence-electron chi connectivity index (χ3n) is 4.59. The van der Waals surface area contributed by atoms with Crippen LogP contribution >= 0.6 is 0 Å². The molecule has 1 aromatic rings. The Morgan fingerprint density at radius 2 is 1.75 bits per heavy atom. The van der Waals surface area contributed by atoms with Crippen LogP contribution < -0.4 is 5.73 Å². The fraction of sp³-hybridized carbons (Fsp3) is 0.467. The predicted octanol–water partition coefficient (Wildman–Crippen LogP) is 1.84. The van der Waals surface area contributed by atoms with Crippen LogP contribution in [0.2, 0.25) is 0 Å². The van der Waals surface area contributed by atoms with Crippen LogP contribution in [0.15, 0.2) is 29.4 Å². The van der Waals surface area contributed by atoms with Crippen LogP contribution in [0.3, 0.4) is 0 Å². The Hall–Kier alpha value is -2.04. The van der Waals surface area contributed by atoms with Gasteiger partial charge in [0.1, 0.15) is 5.41 Å². The van der Waals surface area contributed by atoms with E-state index in [1.807, 2.05) is 29.2 Å². The first-order chi connectivity index (χ1) is 9.67. The van der Waals surface area contributed by atoms with E-state index >= 15 is 0 Å². The Morgan fingerprint density at radius 3 is 2.25 bits per heavy atom. The molecule has 0 radical (unpaired) electrons. The third kappa shape index (κ3) is 1.85. The molecule has 0 spiro atoms. The van der Waals surface area contributed by atoms with Crippen LogP contribution in [0.5, 0.6) is 0 Å². The summed E-state index contributed by atoms with van der Waals surface area (Å²) in [6.45, 7) is 1.24. The van der Waals surface area contributed by atoms with Crippen molar-refractivity contribution in [3.63, 3.8) is 0 Å². The van der Waals surface area contributed by atoms with Crippen molar-refractivity contribution < 1.29 is 10.0 Å². The zero-order chi connectivity index (χ0) is 14.2. The van der Waals surface area contributed by atoms with Gasteiger partial charge in [-0.3, -0.25) is 4.79 Å². The van der Waals surface area contributed by atoms with Gasteiger partial charge in [0.05, 0.1) is 0 Å². The van der Waals surface area contributed by atoms with Crippen LogP contribution in [0, 0.1) is 5.41 Å². The monoisotopic (exact) mass is 273 g/mol. The van der Waals surface area contributed by atoms with Crippen molar-refractivity contribution in [3.05, 3.63) is 35.4 Å². The summed E-state index contributed by atoms with van der Waals surface area (Å²) in [5.41, 5.74) is 7.42. The summed E-state index contributed by atoms with van der Waals surface area (Å²) in [5, 5.41) is 12.1. The lowest BCUT2D eigenvalue weighted by atomic mass is 9.83. The lowest BCUT2D eigenvalue weighted by Gasteiger charge is -2.30. The molecule has 0 bridgehead atoms. The fourth-order valence-corrected chi connectivity index (χ4v) is 3.43. The van der Waals surface area contributed by atoms with Gasteiger partial charge in [0, 0.05) is 13.1 Å². The number of benzene rings is 1. The number of hydrogen-bond donors (Lipinski definition) is 2. The molecule has 1 aliphatic carbocycles. The number of carbonyl (C=O) groups excluding carboxylic acids is 1. The lowest BCUT2D eigenvalue weighted by Crippen LogP contribution is -2.48. The minimum Gasteiger partial charge on any atom is -0.409 e. The topological polar surface area (TPSA) is 78.9 Å². The smallest absolute Gasteiger partial charge is 0.237 e. The van der Waals surface area contributed by atoms with E-state index in [9.17, 15) is 4.79 Å². The van der Waals surface area contributed by atoms with Crippen molar-refractivity contribution in [2.24, 2.45) is 16.3 Å². The highest BCUT2D eigenvalue weighted by atomic mass is 16.4. The van der Waals surface area contributed by atoms with Gasteiger partial charge in [-0.1, -0.05) is 42.3 Å². The second-order valence-electron chi connectivity index (χ2n) is 5.70. The van der Waals surface area contributed by atoms with E-state index in [1.54, 1.807) is 0 Å². The van der Waals surface area contributed by atoms with Gasteiger partial charge < -0.3 is 15.8 Å². The van der Waals surface area contributed by atoms with Gasteiger partial charge in [0.25, 0.3) is 0 Å². The molecule has 1 heterocycles. The molecule has 2 aliphatic rings. The number of rotatable bonds is 2. The molecule has 106 valence electrons. The largest absolute Gasteiger partial charge is 0.409 e. The Labute approximate surface area is 118 Å². The summed E-state index contributed by atoms with van der Waals surface area (Å²) < 4.78 is 0. The molecule has 1 amide bonds. The maximum Gasteiger partial charge on any atom is 0.237 e. The standard InChI is InChI=1S/C15H19N3O2/c16-13(17-20)15(7-3-4-8-15)14(19)18-9-11-5-1-2-6-12(11)10-18/h1-2,5-6,20H,3-4,7-10H2,(H2,16,17). The predicted molar refractivity (Wildman–Crippen MR) is 75.0 cm³/mol. The summed E-state index contributed by atoms with van der Waals surface area (Å²) >= 11 is 0. The van der Waals surface area contributed by atoms with Gasteiger partial charge in [0.2, 0.25) is 5.91 Å². The number of amidine groups is 1. The van der Waals surface area contributed by atoms with Crippen molar-refractivity contribution in [3.8, 4) is 0 Å². The number of nitrogens with two attached hydrogens (primary N) is 1. The number of hydrogen-bond acceptors (Lipinski definition) is 3. The number of nitrogens with zero attached hydrogens (tertiary/aromatic N) is 2. The molecular weight excluding hydrogens is 254 g/mol. The highest BCUT2D eigenvalue weighted by Crippen LogP contribution is 2.41. The van der Waals surface area contributed by atoms with Gasteiger partial charge in [-0.05, 0) is 24.0 Å². The SMILES string of the molecule is NC(=NO)C1(C(=O)N2Cc3ccccc3C2)CCCC1. The Morgan fingerprint density at radius 1 is 1.20 bits per heavy atom. The van der Waals surface area contributed by atoms with Crippen LogP contribution in [-0.4, -0.2) is 21.8 Å². The summed E-state index contributed by atoms with van der Waals surface area (Å²) in [4.78, 5) is 14.7. The van der Waals surface area contributed by atoms with Gasteiger partial charge >= 0.3 is 0 Å². The van der Waals surface area contributed by atoms with E-state index in [4.69, 9.17) is 10.9 Å². The first-order valence-electron chi connectivity index (χ1n) is 7.01. The number of carbonyl (C=O) groups is 1. The first kappa shape index (κ1) is 13.0. The molecule has 5 nitrogen and oxygen atoms in total. The second-order valence-corrected chi connectivity index (χ2v) is 5.70. The minimum atomic E-state index is -0.795. The number of amides is 1. The third-order valence-corrected chi connectivity index (χ3v) is 4.59. The average Bonchev–Trinajstić information content (AvgIpc) is 3.12. The first-order valence-corrected chi connectivity index (χ1v) is 7.01. The number of fused-ring (bicyclic) bond motifs is 1. The highest BCUT2D eigenvalue weighted by molar-refractivity contribution is 6.07. The number of oxime groups is 1. The molecule has 0 saturated heterocycles. The van der Waals surface area contributed by atoms with Crippen molar-refractivity contribution >= 4 is 11.7 Å². The molecule has 20 heavy (non-hydrogen) atoms. The summed E-state index contributed by atoms with van der Waals surface area (Å²) in [6, 6.07) is 8.07. The van der Waals surface area contributed by atoms with Gasteiger partial charge in [-0.2, -0.15) is 0 Å². The van der Waals surface area contributed by atoms with Crippen molar-refractivity contribution in [2.45, 2.75) is 38.8 Å². The molecule has 3 rings (SSSR count). The Balaban J connectivity index is 1.86. The van der Waals surface area contributed by atoms with Crippen LogP contribution in [0.4, 0.5) is 0 Å². The van der Waals surface area contributed by atoms with Gasteiger partial charge in [-0.15, -0.1) is 0 Å². The Bertz CT molecular complexity index is 537. The van der Waals surface area contributed by atoms with Crippen LogP contribution in [-0.2, 0) is 17.9 Å². The van der Waals surface area contributed by atoms with E-state index in [0.717, 1.165) is 12.8 Å². The molecule has 1 saturated carbocycles. The Kier molecular flexibility index (Phi) is 3.12. The maximum atomic E-state index is 12.9. The molecule has 5 heteroatoms. The van der Waals surface area contributed by atoms with E-state index in [1.165, 1.54) is 11.1 Å². The van der Waals surface area contributed by atoms with Crippen molar-refractivity contribution in [1.29, 1.82) is 0 Å². The second kappa shape index (κ2) is 4.81. The summed E-state index contributed by atoms with van der Waals surface area (Å²) in [7, 11) is 0. The van der Waals surface area contributed by atoms with Gasteiger partial charge in [0.15, 0.2) is 5.84 Å². The average molecular weight is 273 g/mol. The molecule has 1 aliphatic heterocycles. The summed E-state index contributed by atoms with van der Waals surface area (Å²) in [5.74, 6) is 0.0671. The molecule has 0 atom stereocenters. The molecule has 1 aromatic carbocycles. The molecule has 1 fully saturated rings. The van der Waals surface area contributed by atoms with E-state index in [-0.39, 0.29) is 11.7 Å². The zero-order valence-electron chi connectivity index (χ0n) is 11.4. The quantitative estimate of drug-likeness (QED) is 0.373. The zero-order valence-corrected chi connectivity index (χ0v) is 11.4. The van der Waals surface area contributed by atoms with Crippen LogP contribution in [0.1, 0.15) is 36.8 Å². The van der Waals surface area contributed by atoms with Gasteiger partial charge in [-0.25, -0.2) is 0 Å². The van der Waals surface area contributed by atoms with Crippen LogP contribution in [0.25, 0.3) is 0 Å².